The van der Waals surface area contributed by atoms with Gasteiger partial charge in [-0.2, -0.15) is 0 Å². The summed E-state index contributed by atoms with van der Waals surface area (Å²) in [6, 6.07) is 7.57. The fourth-order valence-corrected chi connectivity index (χ4v) is 2.31. The van der Waals surface area contributed by atoms with E-state index in [1.165, 1.54) is 0 Å². The molecule has 1 aromatic rings. The van der Waals surface area contributed by atoms with Gasteiger partial charge in [0.1, 0.15) is 5.75 Å². The first-order valence-corrected chi connectivity index (χ1v) is 6.85. The predicted octanol–water partition coefficient (Wildman–Crippen LogP) is 2.27. The van der Waals surface area contributed by atoms with Crippen LogP contribution in [-0.4, -0.2) is 25.1 Å². The number of ether oxygens (including phenoxy) is 1. The highest BCUT2D eigenvalue weighted by Gasteiger charge is 2.29. The summed E-state index contributed by atoms with van der Waals surface area (Å²) in [7, 11) is 0. The molecule has 1 aliphatic rings. The van der Waals surface area contributed by atoms with Crippen molar-refractivity contribution in [1.29, 1.82) is 0 Å². The Morgan fingerprint density at radius 3 is 2.74 bits per heavy atom. The van der Waals surface area contributed by atoms with Crippen molar-refractivity contribution in [3.63, 3.8) is 0 Å². The molecule has 1 amide bonds. The summed E-state index contributed by atoms with van der Waals surface area (Å²) in [6.07, 6.45) is 0.0881. The minimum Gasteiger partial charge on any atom is -0.489 e. The Labute approximate surface area is 114 Å². The van der Waals surface area contributed by atoms with Crippen LogP contribution in [0, 0.1) is 11.8 Å². The molecule has 0 unspecified atom stereocenters. The second-order valence-electron chi connectivity index (χ2n) is 5.39. The van der Waals surface area contributed by atoms with E-state index >= 15 is 0 Å². The summed E-state index contributed by atoms with van der Waals surface area (Å²) in [5.41, 5.74) is 0.750. The van der Waals surface area contributed by atoms with Gasteiger partial charge in [-0.15, -0.1) is 0 Å². The zero-order valence-electron chi connectivity index (χ0n) is 11.8. The van der Waals surface area contributed by atoms with E-state index < -0.39 is 0 Å². The van der Waals surface area contributed by atoms with Gasteiger partial charge in [0.05, 0.1) is 17.7 Å². The lowest BCUT2D eigenvalue weighted by Gasteiger charge is -2.18. The Morgan fingerprint density at radius 2 is 2.11 bits per heavy atom. The van der Waals surface area contributed by atoms with Crippen LogP contribution >= 0.6 is 0 Å². The molecule has 104 valence electrons. The number of benzene rings is 1. The van der Waals surface area contributed by atoms with Crippen LogP contribution in [0.4, 0.5) is 5.69 Å². The van der Waals surface area contributed by atoms with Gasteiger partial charge in [0.2, 0.25) is 5.91 Å². The summed E-state index contributed by atoms with van der Waals surface area (Å²) in [5.74, 6) is 1.20. The van der Waals surface area contributed by atoms with E-state index in [4.69, 9.17) is 4.74 Å². The van der Waals surface area contributed by atoms with Crippen LogP contribution in [0.5, 0.6) is 5.75 Å². The second kappa shape index (κ2) is 6.06. The molecule has 0 spiro atoms. The molecule has 0 radical (unpaired) electrons. The van der Waals surface area contributed by atoms with Crippen molar-refractivity contribution in [3.8, 4) is 5.75 Å². The Morgan fingerprint density at radius 1 is 1.37 bits per heavy atom. The Hall–Kier alpha value is -1.55. The maximum atomic E-state index is 12.3. The highest BCUT2D eigenvalue weighted by atomic mass is 16.5. The maximum absolute atomic E-state index is 12.3. The van der Waals surface area contributed by atoms with Crippen molar-refractivity contribution in [2.24, 2.45) is 11.8 Å². The molecule has 2 rings (SSSR count). The van der Waals surface area contributed by atoms with Gasteiger partial charge in [-0.05, 0) is 38.4 Å². The molecule has 4 heteroatoms. The number of amides is 1. The number of hydrogen-bond donors (Lipinski definition) is 2. The third-order valence-corrected chi connectivity index (χ3v) is 3.36. The third-order valence-electron chi connectivity index (χ3n) is 3.36. The smallest absolute Gasteiger partial charge is 0.229 e. The Balaban J connectivity index is 2.08. The van der Waals surface area contributed by atoms with Crippen LogP contribution in [0.25, 0.3) is 0 Å². The van der Waals surface area contributed by atoms with E-state index in [2.05, 4.69) is 17.6 Å². The monoisotopic (exact) mass is 262 g/mol. The predicted molar refractivity (Wildman–Crippen MR) is 76.4 cm³/mol. The first-order valence-electron chi connectivity index (χ1n) is 6.85. The molecule has 2 atom stereocenters. The minimum atomic E-state index is 0.0344. The van der Waals surface area contributed by atoms with Crippen molar-refractivity contribution in [2.75, 3.05) is 18.4 Å². The average molecular weight is 262 g/mol. The van der Waals surface area contributed by atoms with E-state index in [0.717, 1.165) is 24.5 Å². The highest BCUT2D eigenvalue weighted by Crippen LogP contribution is 2.26. The van der Waals surface area contributed by atoms with Crippen molar-refractivity contribution in [2.45, 2.75) is 26.9 Å². The van der Waals surface area contributed by atoms with Crippen molar-refractivity contribution in [1.82, 2.24) is 5.32 Å². The molecule has 4 nitrogen and oxygen atoms in total. The van der Waals surface area contributed by atoms with Gasteiger partial charge in [-0.25, -0.2) is 0 Å². The quantitative estimate of drug-likeness (QED) is 0.875. The van der Waals surface area contributed by atoms with Gasteiger partial charge < -0.3 is 15.4 Å². The third kappa shape index (κ3) is 3.47. The van der Waals surface area contributed by atoms with Gasteiger partial charge in [0, 0.05) is 6.54 Å². The number of nitrogens with one attached hydrogen (secondary N) is 2. The maximum Gasteiger partial charge on any atom is 0.229 e. The normalized spacial score (nSPS) is 22.5. The number of anilines is 1. The van der Waals surface area contributed by atoms with E-state index in [9.17, 15) is 4.79 Å². The zero-order chi connectivity index (χ0) is 13.8. The van der Waals surface area contributed by atoms with E-state index in [1.807, 2.05) is 38.1 Å². The van der Waals surface area contributed by atoms with Crippen LogP contribution < -0.4 is 15.4 Å². The standard InChI is InChI=1S/C15H22N2O2/c1-10(2)19-14-7-5-4-6-13(14)17-15(18)12-9-16-8-11(12)3/h4-7,10-12,16H,8-9H2,1-3H3,(H,17,18)/t11-,12-/m1/s1. The topological polar surface area (TPSA) is 50.4 Å². The number of rotatable bonds is 4. The van der Waals surface area contributed by atoms with E-state index in [-0.39, 0.29) is 17.9 Å². The summed E-state index contributed by atoms with van der Waals surface area (Å²) < 4.78 is 5.71. The minimum absolute atomic E-state index is 0.0344. The van der Waals surface area contributed by atoms with Crippen molar-refractivity contribution >= 4 is 11.6 Å². The van der Waals surface area contributed by atoms with Gasteiger partial charge in [-0.3, -0.25) is 4.79 Å². The number of carbonyl (C=O) groups excluding carboxylic acids is 1. The lowest BCUT2D eigenvalue weighted by atomic mass is 9.97. The molecule has 1 saturated heterocycles. The molecule has 1 fully saturated rings. The van der Waals surface area contributed by atoms with Gasteiger partial charge in [0.15, 0.2) is 0 Å². The van der Waals surface area contributed by atoms with Crippen LogP contribution in [-0.2, 0) is 4.79 Å². The fraction of sp³-hybridized carbons (Fsp3) is 0.533. The lowest BCUT2D eigenvalue weighted by Crippen LogP contribution is -2.28. The Bertz CT molecular complexity index is 446. The number of hydrogen-bond acceptors (Lipinski definition) is 3. The van der Waals surface area contributed by atoms with Crippen molar-refractivity contribution < 1.29 is 9.53 Å². The van der Waals surface area contributed by atoms with Gasteiger partial charge in [-0.1, -0.05) is 19.1 Å². The SMILES string of the molecule is CC(C)Oc1ccccc1NC(=O)[C@@H]1CNC[C@H]1C. The Kier molecular flexibility index (Phi) is 4.43. The molecular weight excluding hydrogens is 240 g/mol. The summed E-state index contributed by atoms with van der Waals surface area (Å²) in [6.45, 7) is 7.70. The lowest BCUT2D eigenvalue weighted by molar-refractivity contribution is -0.120. The molecule has 0 aromatic heterocycles. The molecule has 0 saturated carbocycles. The van der Waals surface area contributed by atoms with E-state index in [0.29, 0.717) is 5.92 Å². The number of para-hydroxylation sites is 2. The van der Waals surface area contributed by atoms with Crippen molar-refractivity contribution in [3.05, 3.63) is 24.3 Å². The second-order valence-corrected chi connectivity index (χ2v) is 5.39. The largest absolute Gasteiger partial charge is 0.489 e. The van der Waals surface area contributed by atoms with Crippen LogP contribution in [0.15, 0.2) is 24.3 Å². The van der Waals surface area contributed by atoms with Crippen LogP contribution in [0.1, 0.15) is 20.8 Å². The molecule has 1 aliphatic heterocycles. The molecule has 19 heavy (non-hydrogen) atoms. The summed E-state index contributed by atoms with van der Waals surface area (Å²) >= 11 is 0. The fourth-order valence-electron chi connectivity index (χ4n) is 2.31. The average Bonchev–Trinajstić information content (AvgIpc) is 2.77. The van der Waals surface area contributed by atoms with E-state index in [1.54, 1.807) is 0 Å². The summed E-state index contributed by atoms with van der Waals surface area (Å²) in [5, 5.41) is 6.23. The first kappa shape index (κ1) is 13.9. The highest BCUT2D eigenvalue weighted by molar-refractivity contribution is 5.94. The molecule has 1 aromatic carbocycles. The van der Waals surface area contributed by atoms with Crippen LogP contribution in [0.3, 0.4) is 0 Å². The van der Waals surface area contributed by atoms with Gasteiger partial charge >= 0.3 is 0 Å². The van der Waals surface area contributed by atoms with Crippen LogP contribution in [0.2, 0.25) is 0 Å². The molecule has 2 N–H and O–H groups in total. The molecular formula is C15H22N2O2. The van der Waals surface area contributed by atoms with Gasteiger partial charge in [0.25, 0.3) is 0 Å². The molecule has 1 heterocycles. The molecule has 0 aliphatic carbocycles. The zero-order valence-corrected chi connectivity index (χ0v) is 11.8. The first-order chi connectivity index (χ1) is 9.08. The molecule has 0 bridgehead atoms. The number of carbonyl (C=O) groups is 1. The summed E-state index contributed by atoms with van der Waals surface area (Å²) in [4.78, 5) is 12.3.